The van der Waals surface area contributed by atoms with E-state index in [2.05, 4.69) is 43.3 Å². The van der Waals surface area contributed by atoms with E-state index in [1.165, 1.54) is 0 Å². The second-order valence-electron chi connectivity index (χ2n) is 9.95. The third-order valence-corrected chi connectivity index (χ3v) is 6.98. The van der Waals surface area contributed by atoms with Gasteiger partial charge in [-0.15, -0.1) is 11.3 Å². The van der Waals surface area contributed by atoms with Crippen molar-refractivity contribution >= 4 is 33.3 Å². The lowest BCUT2D eigenvalue weighted by Crippen LogP contribution is -2.22. The Morgan fingerprint density at radius 1 is 1.19 bits per heavy atom. The molecule has 1 aliphatic carbocycles. The first-order valence-electron chi connectivity index (χ1n) is 11.5. The third kappa shape index (κ3) is 5.02. The Balaban J connectivity index is 1.74. The van der Waals surface area contributed by atoms with Crippen LogP contribution in [0, 0.1) is 18.3 Å². The number of aryl methyl sites for hydroxylation is 2. The van der Waals surface area contributed by atoms with E-state index in [4.69, 9.17) is 15.0 Å². The molecule has 0 unspecified atom stereocenters. The summed E-state index contributed by atoms with van der Waals surface area (Å²) in [5.41, 5.74) is 3.97. The van der Waals surface area contributed by atoms with Crippen molar-refractivity contribution in [2.45, 2.75) is 66.3 Å². The van der Waals surface area contributed by atoms with Gasteiger partial charge >= 0.3 is 0 Å². The number of hydrogen-bond acceptors (Lipinski definition) is 8. The minimum Gasteiger partial charge on any atom is -0.396 e. The smallest absolute Gasteiger partial charge is 0.224 e. The number of hydrogen-bond donors (Lipinski definition) is 3. The highest BCUT2D eigenvalue weighted by Gasteiger charge is 2.27. The lowest BCUT2D eigenvalue weighted by atomic mass is 9.97. The van der Waals surface area contributed by atoms with E-state index < -0.39 is 0 Å². The van der Waals surface area contributed by atoms with Gasteiger partial charge in [0.2, 0.25) is 5.95 Å². The average Bonchev–Trinajstić information content (AvgIpc) is 3.37. The Hall–Kier alpha value is -2.32. The Bertz CT molecular complexity index is 1090. The van der Waals surface area contributed by atoms with Gasteiger partial charge < -0.3 is 15.7 Å². The summed E-state index contributed by atoms with van der Waals surface area (Å²) in [4.78, 5) is 19.2. The first kappa shape index (κ1) is 22.9. The second-order valence-corrected chi connectivity index (χ2v) is 11.0. The van der Waals surface area contributed by atoms with Crippen molar-refractivity contribution in [2.75, 3.05) is 23.8 Å². The quantitative estimate of drug-likeness (QED) is 0.460. The SMILES string of the molecule is CCc1nccc2sc(-c3c(C)nc(NCC(C)(C)C)nc3N[C@H]3CC[C@@H](CO)C3)nc12. The zero-order valence-electron chi connectivity index (χ0n) is 19.7. The molecule has 0 aliphatic heterocycles. The topological polar surface area (TPSA) is 95.9 Å². The van der Waals surface area contributed by atoms with Crippen LogP contribution in [0.1, 0.15) is 58.3 Å². The molecule has 3 heterocycles. The molecule has 3 N–H and O–H groups in total. The molecule has 0 aromatic carbocycles. The van der Waals surface area contributed by atoms with Crippen molar-refractivity contribution < 1.29 is 5.11 Å². The van der Waals surface area contributed by atoms with E-state index in [1.54, 1.807) is 11.3 Å². The van der Waals surface area contributed by atoms with Gasteiger partial charge in [-0.3, -0.25) is 4.98 Å². The number of nitrogens with zero attached hydrogens (tertiary/aromatic N) is 4. The number of thiazole rings is 1. The maximum atomic E-state index is 9.57. The first-order valence-corrected chi connectivity index (χ1v) is 12.3. The van der Waals surface area contributed by atoms with Crippen LogP contribution in [0.4, 0.5) is 11.8 Å². The van der Waals surface area contributed by atoms with E-state index in [0.29, 0.717) is 11.9 Å². The maximum Gasteiger partial charge on any atom is 0.224 e. The molecule has 4 rings (SSSR count). The fourth-order valence-electron chi connectivity index (χ4n) is 4.20. The maximum absolute atomic E-state index is 9.57. The van der Waals surface area contributed by atoms with Gasteiger partial charge in [0, 0.05) is 25.4 Å². The predicted molar refractivity (Wildman–Crippen MR) is 132 cm³/mol. The molecule has 172 valence electrons. The summed E-state index contributed by atoms with van der Waals surface area (Å²) >= 11 is 1.66. The van der Waals surface area contributed by atoms with Crippen LogP contribution >= 0.6 is 11.3 Å². The number of pyridine rings is 1. The van der Waals surface area contributed by atoms with E-state index in [9.17, 15) is 5.11 Å². The van der Waals surface area contributed by atoms with E-state index >= 15 is 0 Å². The number of fused-ring (bicyclic) bond motifs is 1. The largest absolute Gasteiger partial charge is 0.396 e. The molecule has 7 nitrogen and oxygen atoms in total. The van der Waals surface area contributed by atoms with Crippen LogP contribution in [0.15, 0.2) is 12.3 Å². The van der Waals surface area contributed by atoms with Gasteiger partial charge in [0.25, 0.3) is 0 Å². The standard InChI is InChI=1S/C24H34N6OS/c1-6-17-20-18(9-10-25-17)32-22(29-20)19-14(2)27-23(26-13-24(3,4)5)30-21(19)28-16-8-7-15(11-16)12-31/h9-10,15-16,31H,6-8,11-13H2,1-5H3,(H2,26,27,28,30)/t15-,16+/m1/s1. The molecule has 1 fully saturated rings. The van der Waals surface area contributed by atoms with Crippen LogP contribution in [0.5, 0.6) is 0 Å². The van der Waals surface area contributed by atoms with Gasteiger partial charge in [-0.25, -0.2) is 9.97 Å². The van der Waals surface area contributed by atoms with Crippen LogP contribution < -0.4 is 10.6 Å². The van der Waals surface area contributed by atoms with Crippen LogP contribution in [0.3, 0.4) is 0 Å². The molecule has 8 heteroatoms. The van der Waals surface area contributed by atoms with Crippen molar-refractivity contribution in [3.05, 3.63) is 23.7 Å². The highest BCUT2D eigenvalue weighted by atomic mass is 32.1. The van der Waals surface area contributed by atoms with Crippen molar-refractivity contribution in [2.24, 2.45) is 11.3 Å². The number of anilines is 2. The number of aliphatic hydroxyl groups excluding tert-OH is 1. The average molecular weight is 455 g/mol. The van der Waals surface area contributed by atoms with Crippen molar-refractivity contribution in [3.63, 3.8) is 0 Å². The van der Waals surface area contributed by atoms with Gasteiger partial charge in [-0.1, -0.05) is 27.7 Å². The molecule has 0 radical (unpaired) electrons. The van der Waals surface area contributed by atoms with E-state index in [1.807, 2.05) is 19.2 Å². The van der Waals surface area contributed by atoms with Gasteiger partial charge in [0.15, 0.2) is 0 Å². The first-order chi connectivity index (χ1) is 15.3. The number of aromatic nitrogens is 4. The molecule has 3 aromatic heterocycles. The molecule has 2 atom stereocenters. The number of rotatable bonds is 7. The molecule has 0 bridgehead atoms. The second kappa shape index (κ2) is 9.27. The van der Waals surface area contributed by atoms with Gasteiger partial charge in [0.05, 0.1) is 21.7 Å². The minimum absolute atomic E-state index is 0.125. The van der Waals surface area contributed by atoms with Crippen LogP contribution in [-0.2, 0) is 6.42 Å². The summed E-state index contributed by atoms with van der Waals surface area (Å²) in [5, 5.41) is 17.6. The Labute approximate surface area is 194 Å². The molecule has 0 saturated heterocycles. The molecule has 32 heavy (non-hydrogen) atoms. The number of aliphatic hydroxyl groups is 1. The summed E-state index contributed by atoms with van der Waals surface area (Å²) < 4.78 is 1.13. The Kier molecular flexibility index (Phi) is 6.62. The van der Waals surface area contributed by atoms with E-state index in [-0.39, 0.29) is 18.1 Å². The van der Waals surface area contributed by atoms with Gasteiger partial charge in [-0.05, 0) is 50.0 Å². The molecule has 0 amide bonds. The Morgan fingerprint density at radius 2 is 2.00 bits per heavy atom. The van der Waals surface area contributed by atoms with Gasteiger partial charge in [0.1, 0.15) is 16.3 Å². The van der Waals surface area contributed by atoms with E-state index in [0.717, 1.165) is 70.2 Å². The zero-order chi connectivity index (χ0) is 22.9. The summed E-state index contributed by atoms with van der Waals surface area (Å²) in [6.07, 6.45) is 5.73. The fraction of sp³-hybridized carbons (Fsp3) is 0.583. The van der Waals surface area contributed by atoms with Crippen molar-refractivity contribution in [1.29, 1.82) is 0 Å². The molecular formula is C24H34N6OS. The van der Waals surface area contributed by atoms with Crippen LogP contribution in [0.25, 0.3) is 20.8 Å². The number of nitrogens with one attached hydrogen (secondary N) is 2. The molecule has 3 aromatic rings. The summed E-state index contributed by atoms with van der Waals surface area (Å²) in [7, 11) is 0. The lowest BCUT2D eigenvalue weighted by molar-refractivity contribution is 0.229. The minimum atomic E-state index is 0.125. The summed E-state index contributed by atoms with van der Waals surface area (Å²) in [6.45, 7) is 11.7. The zero-order valence-corrected chi connectivity index (χ0v) is 20.5. The summed E-state index contributed by atoms with van der Waals surface area (Å²) in [6, 6.07) is 2.32. The third-order valence-electron chi connectivity index (χ3n) is 5.94. The molecule has 1 saturated carbocycles. The monoisotopic (exact) mass is 454 g/mol. The highest BCUT2D eigenvalue weighted by molar-refractivity contribution is 7.21. The van der Waals surface area contributed by atoms with Crippen molar-refractivity contribution in [3.8, 4) is 10.6 Å². The molecule has 1 aliphatic rings. The van der Waals surface area contributed by atoms with Crippen molar-refractivity contribution in [1.82, 2.24) is 19.9 Å². The normalized spacial score (nSPS) is 18.9. The van der Waals surface area contributed by atoms with Gasteiger partial charge in [-0.2, -0.15) is 4.98 Å². The molecular weight excluding hydrogens is 420 g/mol. The molecule has 0 spiro atoms. The Morgan fingerprint density at radius 3 is 2.69 bits per heavy atom. The van der Waals surface area contributed by atoms with Crippen LogP contribution in [-0.4, -0.2) is 44.2 Å². The highest BCUT2D eigenvalue weighted by Crippen LogP contribution is 2.38. The van der Waals surface area contributed by atoms with Crippen LogP contribution in [0.2, 0.25) is 0 Å². The fourth-order valence-corrected chi connectivity index (χ4v) is 5.28. The summed E-state index contributed by atoms with van der Waals surface area (Å²) in [5.74, 6) is 1.82. The lowest BCUT2D eigenvalue weighted by Gasteiger charge is -2.21. The predicted octanol–water partition coefficient (Wildman–Crippen LogP) is 5.05.